The van der Waals surface area contributed by atoms with E-state index in [0.717, 1.165) is 22.6 Å². The standard InChI is InChI=1S/C23H33N2O6PS3.C4H8/c1-4-30-32(27,31-5-2)16-33-21-15-24-23(34-21)25-22(26)20(14-17-8-6-7-9-17)18-10-12-19(13-11-18)35(3,28)29;1-2-4-3-1/h10-13,15,17,20H,4-9,14,16H2,1-3H3,(H,24,25,26);1-4H2/t20-;/m1./s1. The summed E-state index contributed by atoms with van der Waals surface area (Å²) in [6.07, 6.45) is 14.1. The maximum Gasteiger partial charge on any atom is 0.340 e. The zero-order chi connectivity index (χ0) is 28.3. The molecule has 0 bridgehead atoms. The number of carbonyl (C=O) groups excluding carboxylic acids is 1. The van der Waals surface area contributed by atoms with Gasteiger partial charge in [-0.1, -0.05) is 74.8 Å². The van der Waals surface area contributed by atoms with Crippen LogP contribution in [0.2, 0.25) is 0 Å². The minimum Gasteiger partial charge on any atom is -0.308 e. The minimum absolute atomic E-state index is 0.163. The van der Waals surface area contributed by atoms with Gasteiger partial charge in [0.2, 0.25) is 5.91 Å². The average Bonchev–Trinajstić information content (AvgIpc) is 3.52. The Balaban J connectivity index is 0.000000960. The third-order valence-electron chi connectivity index (χ3n) is 6.80. The van der Waals surface area contributed by atoms with Crippen molar-refractivity contribution in [3.8, 4) is 0 Å². The Morgan fingerprint density at radius 2 is 1.67 bits per heavy atom. The van der Waals surface area contributed by atoms with Crippen molar-refractivity contribution < 1.29 is 26.8 Å². The summed E-state index contributed by atoms with van der Waals surface area (Å²) in [6, 6.07) is 6.59. The molecular weight excluding hydrogens is 575 g/mol. The Hall–Kier alpha value is -1.23. The van der Waals surface area contributed by atoms with E-state index < -0.39 is 23.4 Å². The fraction of sp³-hybridized carbons (Fsp3) is 0.630. The van der Waals surface area contributed by atoms with Gasteiger partial charge in [-0.3, -0.25) is 9.36 Å². The molecule has 12 heteroatoms. The van der Waals surface area contributed by atoms with Crippen LogP contribution in [0.15, 0.2) is 39.6 Å². The summed E-state index contributed by atoms with van der Waals surface area (Å²) in [5.41, 5.74) is 0.962. The molecule has 0 saturated heterocycles. The molecule has 0 unspecified atom stereocenters. The summed E-state index contributed by atoms with van der Waals surface area (Å²) in [7, 11) is -6.49. The van der Waals surface area contributed by atoms with Crippen molar-refractivity contribution in [3.63, 3.8) is 0 Å². The van der Waals surface area contributed by atoms with Crippen molar-refractivity contribution in [2.45, 2.75) is 86.7 Å². The number of sulfone groups is 1. The van der Waals surface area contributed by atoms with Gasteiger partial charge in [-0.05, 0) is 43.9 Å². The summed E-state index contributed by atoms with van der Waals surface area (Å²) in [4.78, 5) is 17.9. The van der Waals surface area contributed by atoms with E-state index in [1.54, 1.807) is 44.3 Å². The zero-order valence-corrected chi connectivity index (χ0v) is 26.4. The van der Waals surface area contributed by atoms with Crippen molar-refractivity contribution in [1.82, 2.24) is 4.98 Å². The second-order valence-electron chi connectivity index (χ2n) is 9.89. The Labute approximate surface area is 241 Å². The fourth-order valence-electron chi connectivity index (χ4n) is 4.40. The molecule has 2 saturated carbocycles. The molecule has 39 heavy (non-hydrogen) atoms. The van der Waals surface area contributed by atoms with Crippen LogP contribution in [0, 0.1) is 5.92 Å². The maximum atomic E-state index is 13.3. The Morgan fingerprint density at radius 3 is 2.18 bits per heavy atom. The number of anilines is 1. The Bertz CT molecular complexity index is 1180. The van der Waals surface area contributed by atoms with E-state index in [0.29, 0.717) is 30.7 Å². The van der Waals surface area contributed by atoms with E-state index in [1.165, 1.54) is 67.9 Å². The number of benzene rings is 1. The average molecular weight is 617 g/mol. The largest absolute Gasteiger partial charge is 0.340 e. The molecule has 1 N–H and O–H groups in total. The first-order valence-electron chi connectivity index (χ1n) is 13.7. The third-order valence-corrected chi connectivity index (χ3v) is 12.7. The highest BCUT2D eigenvalue weighted by atomic mass is 32.2. The number of rotatable bonds is 13. The van der Waals surface area contributed by atoms with E-state index in [1.807, 2.05) is 0 Å². The van der Waals surface area contributed by atoms with Gasteiger partial charge in [0.15, 0.2) is 15.0 Å². The van der Waals surface area contributed by atoms with E-state index in [9.17, 15) is 17.8 Å². The smallest absolute Gasteiger partial charge is 0.308 e. The van der Waals surface area contributed by atoms with Crippen molar-refractivity contribution in [2.24, 2.45) is 5.92 Å². The second-order valence-corrected chi connectivity index (χ2v) is 16.7. The van der Waals surface area contributed by atoms with Crippen LogP contribution in [-0.2, 0) is 28.2 Å². The van der Waals surface area contributed by atoms with Crippen molar-refractivity contribution in [3.05, 3.63) is 36.0 Å². The van der Waals surface area contributed by atoms with Crippen LogP contribution in [0.5, 0.6) is 0 Å². The van der Waals surface area contributed by atoms with Gasteiger partial charge < -0.3 is 14.4 Å². The van der Waals surface area contributed by atoms with Crippen LogP contribution in [0.3, 0.4) is 0 Å². The predicted octanol–water partition coefficient (Wildman–Crippen LogP) is 7.73. The lowest BCUT2D eigenvalue weighted by Crippen LogP contribution is -2.23. The fourth-order valence-corrected chi connectivity index (χ4v) is 9.25. The number of carbonyl (C=O) groups is 1. The molecule has 4 rings (SSSR count). The number of thioether (sulfide) groups is 1. The number of thiazole rings is 1. The van der Waals surface area contributed by atoms with Gasteiger partial charge in [0.25, 0.3) is 0 Å². The lowest BCUT2D eigenvalue weighted by molar-refractivity contribution is -0.118. The van der Waals surface area contributed by atoms with Crippen molar-refractivity contribution >= 4 is 51.6 Å². The van der Waals surface area contributed by atoms with Crippen LogP contribution in [-0.4, -0.2) is 44.3 Å². The summed E-state index contributed by atoms with van der Waals surface area (Å²) >= 11 is 2.63. The van der Waals surface area contributed by atoms with E-state index in [4.69, 9.17) is 9.05 Å². The molecule has 0 aliphatic heterocycles. The van der Waals surface area contributed by atoms with Crippen molar-refractivity contribution in [2.75, 3.05) is 30.3 Å². The quantitative estimate of drug-likeness (QED) is 0.180. The number of aromatic nitrogens is 1. The number of hydrogen-bond donors (Lipinski definition) is 1. The third kappa shape index (κ3) is 10.6. The topological polar surface area (TPSA) is 112 Å². The van der Waals surface area contributed by atoms with Crippen LogP contribution in [0.25, 0.3) is 0 Å². The molecule has 1 aromatic carbocycles. The summed E-state index contributed by atoms with van der Waals surface area (Å²) in [6.45, 7) is 4.14. The minimum atomic E-state index is -3.31. The molecule has 1 aromatic heterocycles. The molecule has 1 atom stereocenters. The molecule has 2 aromatic rings. The van der Waals surface area contributed by atoms with Gasteiger partial charge in [0.1, 0.15) is 5.49 Å². The highest BCUT2D eigenvalue weighted by Gasteiger charge is 2.28. The number of amides is 1. The molecule has 1 heterocycles. The number of hydrogen-bond acceptors (Lipinski definition) is 9. The molecule has 218 valence electrons. The Kier molecular flexibility index (Phi) is 13.0. The number of nitrogens with zero attached hydrogens (tertiary/aromatic N) is 1. The molecule has 0 spiro atoms. The van der Waals surface area contributed by atoms with E-state index in [2.05, 4.69) is 10.3 Å². The molecule has 1 amide bonds. The van der Waals surface area contributed by atoms with Crippen LogP contribution >= 0.6 is 30.7 Å². The Morgan fingerprint density at radius 1 is 1.08 bits per heavy atom. The first kappa shape index (κ1) is 32.3. The van der Waals surface area contributed by atoms with Crippen LogP contribution in [0.4, 0.5) is 5.13 Å². The van der Waals surface area contributed by atoms with Crippen molar-refractivity contribution in [1.29, 1.82) is 0 Å². The lowest BCUT2D eigenvalue weighted by atomic mass is 9.87. The number of nitrogens with one attached hydrogen (secondary N) is 1. The van der Waals surface area contributed by atoms with Gasteiger partial charge in [-0.25, -0.2) is 13.4 Å². The molecule has 0 radical (unpaired) electrons. The molecule has 2 aliphatic carbocycles. The first-order chi connectivity index (χ1) is 18.6. The molecule has 2 fully saturated rings. The highest BCUT2D eigenvalue weighted by molar-refractivity contribution is 8.06. The first-order valence-corrected chi connectivity index (χ1v) is 19.1. The highest BCUT2D eigenvalue weighted by Crippen LogP contribution is 2.52. The molecule has 2 aliphatic rings. The van der Waals surface area contributed by atoms with Gasteiger partial charge in [-0.2, -0.15) is 0 Å². The lowest BCUT2D eigenvalue weighted by Gasteiger charge is -2.20. The molecular formula is C27H41N2O6PS3. The van der Waals surface area contributed by atoms with Gasteiger partial charge in [-0.15, -0.1) is 11.8 Å². The summed E-state index contributed by atoms with van der Waals surface area (Å²) in [5.74, 6) is -0.0962. The van der Waals surface area contributed by atoms with E-state index >= 15 is 0 Å². The normalized spacial score (nSPS) is 16.7. The van der Waals surface area contributed by atoms with Gasteiger partial charge >= 0.3 is 7.60 Å². The zero-order valence-electron chi connectivity index (χ0n) is 23.1. The SMILES string of the molecule is C1CCC1.CCOP(=O)(CSc1cnc(NC(=O)[C@H](CC2CCCC2)c2ccc(S(C)(=O)=O)cc2)s1)OCC. The monoisotopic (exact) mass is 616 g/mol. The maximum absolute atomic E-state index is 13.3. The second kappa shape index (κ2) is 15.7. The van der Waals surface area contributed by atoms with Gasteiger partial charge in [0, 0.05) is 6.26 Å². The van der Waals surface area contributed by atoms with E-state index in [-0.39, 0.29) is 16.3 Å². The molecule has 8 nitrogen and oxygen atoms in total. The summed E-state index contributed by atoms with van der Waals surface area (Å²) < 4.78 is 47.8. The van der Waals surface area contributed by atoms with Crippen LogP contribution in [0.1, 0.15) is 83.1 Å². The van der Waals surface area contributed by atoms with Crippen LogP contribution < -0.4 is 5.32 Å². The van der Waals surface area contributed by atoms with Gasteiger partial charge in [0.05, 0.1) is 34.4 Å². The predicted molar refractivity (Wildman–Crippen MR) is 160 cm³/mol. The summed E-state index contributed by atoms with van der Waals surface area (Å²) in [5, 5.41) is 3.39.